The molecule has 414 valence electrons. The summed E-state index contributed by atoms with van der Waals surface area (Å²) in [5, 5.41) is 4.70. The summed E-state index contributed by atoms with van der Waals surface area (Å²) in [4.78, 5) is 4.72. The van der Waals surface area contributed by atoms with Gasteiger partial charge >= 0.3 is 0 Å². The highest BCUT2D eigenvalue weighted by atomic mass is 16.5. The third-order valence-corrected chi connectivity index (χ3v) is 16.6. The lowest BCUT2D eigenvalue weighted by molar-refractivity contribution is 0.185. The molecule has 2 aromatic heterocycles. The number of benzene rings is 12. The van der Waals surface area contributed by atoms with E-state index in [0.29, 0.717) is 13.2 Å². The molecule has 14 rings (SSSR count). The van der Waals surface area contributed by atoms with Gasteiger partial charge in [-0.1, -0.05) is 171 Å². The normalized spacial score (nSPS) is 11.4. The average Bonchev–Trinajstić information content (AvgIpc) is 2.11. The zero-order chi connectivity index (χ0) is 58.1. The molecule has 0 bridgehead atoms. The third-order valence-electron chi connectivity index (χ3n) is 16.6. The van der Waals surface area contributed by atoms with Crippen molar-refractivity contribution in [2.45, 2.75) is 13.2 Å². The molecule has 0 aliphatic carbocycles. The van der Waals surface area contributed by atoms with Crippen LogP contribution in [0.1, 0.15) is 22.3 Å². The van der Waals surface area contributed by atoms with Crippen LogP contribution in [0.2, 0.25) is 0 Å². The van der Waals surface area contributed by atoms with Crippen LogP contribution in [0, 0.1) is 0 Å². The zero-order valence-corrected chi connectivity index (χ0v) is 48.1. The first-order valence-electron chi connectivity index (χ1n) is 29.1. The second kappa shape index (κ2) is 23.1. The van der Waals surface area contributed by atoms with Gasteiger partial charge < -0.3 is 28.4 Å². The lowest BCUT2D eigenvalue weighted by Gasteiger charge is -2.26. The molecule has 0 amide bonds. The molecule has 6 heteroatoms. The number of methoxy groups -OCH3 is 2. The van der Waals surface area contributed by atoms with Crippen molar-refractivity contribution < 1.29 is 9.47 Å². The molecule has 14 aromatic rings. The fourth-order valence-electron chi connectivity index (χ4n) is 12.3. The molecule has 0 saturated heterocycles. The Hall–Kier alpha value is -10.8. The number of hydrogen-bond acceptors (Lipinski definition) is 4. The van der Waals surface area contributed by atoms with E-state index in [1.54, 1.807) is 14.2 Å². The summed E-state index contributed by atoms with van der Waals surface area (Å²) in [6, 6.07) is 101. The Morgan fingerprint density at radius 1 is 0.302 bits per heavy atom. The standard InChI is InChI=1S/C80H62N4O2/c1-5-55-17-25-61(26-18-55)63-33-45-77-73(49-63)75-51-71(43-47-79(75)83(77)69-35-21-57(22-36-69)53-85-3)81(65-13-9-7-10-14-65)67-39-29-59(30-40-67)60-31-41-68(42-32-60)82(66-15-11-8-12-16-66)72-44-48-80-76(52-72)74-50-64(62-27-19-56(6-2)20-28-62)34-46-78(74)84(80)70-37-23-58(24-38-70)54-86-4/h5-52H,1-2,53-54H2,3-4H3. The Bertz CT molecular complexity index is 4450. The van der Waals surface area contributed by atoms with Crippen molar-refractivity contribution in [3.8, 4) is 44.8 Å². The van der Waals surface area contributed by atoms with Crippen LogP contribution >= 0.6 is 0 Å². The summed E-state index contributed by atoms with van der Waals surface area (Å²) in [7, 11) is 3.48. The summed E-state index contributed by atoms with van der Waals surface area (Å²) < 4.78 is 15.7. The van der Waals surface area contributed by atoms with E-state index in [1.165, 1.54) is 21.5 Å². The van der Waals surface area contributed by atoms with Crippen molar-refractivity contribution in [3.63, 3.8) is 0 Å². The maximum Gasteiger partial charge on any atom is 0.0713 e. The van der Waals surface area contributed by atoms with E-state index in [1.807, 2.05) is 12.2 Å². The molecule has 0 aliphatic rings. The molecule has 0 saturated carbocycles. The van der Waals surface area contributed by atoms with E-state index >= 15 is 0 Å². The Labute approximate surface area is 502 Å². The number of hydrogen-bond donors (Lipinski definition) is 0. The Morgan fingerprint density at radius 3 is 0.942 bits per heavy atom. The maximum atomic E-state index is 5.47. The molecule has 0 N–H and O–H groups in total. The van der Waals surface area contributed by atoms with Gasteiger partial charge in [0.1, 0.15) is 0 Å². The topological polar surface area (TPSA) is 34.8 Å². The summed E-state index contributed by atoms with van der Waals surface area (Å²) >= 11 is 0. The van der Waals surface area contributed by atoms with Crippen molar-refractivity contribution >= 4 is 89.9 Å². The van der Waals surface area contributed by atoms with E-state index in [-0.39, 0.29) is 0 Å². The number of fused-ring (bicyclic) bond motifs is 6. The van der Waals surface area contributed by atoms with E-state index in [4.69, 9.17) is 9.47 Å². The zero-order valence-electron chi connectivity index (χ0n) is 48.1. The maximum absolute atomic E-state index is 5.47. The minimum absolute atomic E-state index is 0.566. The van der Waals surface area contributed by atoms with Crippen LogP contribution in [0.3, 0.4) is 0 Å². The number of rotatable bonds is 17. The van der Waals surface area contributed by atoms with Crippen LogP contribution in [-0.2, 0) is 22.7 Å². The molecule has 6 nitrogen and oxygen atoms in total. The van der Waals surface area contributed by atoms with Gasteiger partial charge in [0.05, 0.1) is 35.3 Å². The Morgan fingerprint density at radius 2 is 0.593 bits per heavy atom. The van der Waals surface area contributed by atoms with Crippen LogP contribution in [-0.4, -0.2) is 23.4 Å². The molecule has 0 aliphatic heterocycles. The number of para-hydroxylation sites is 2. The summed E-state index contributed by atoms with van der Waals surface area (Å²) in [5.41, 5.74) is 24.5. The van der Waals surface area contributed by atoms with Crippen LogP contribution in [0.4, 0.5) is 34.1 Å². The Balaban J connectivity index is 0.827. The van der Waals surface area contributed by atoms with Gasteiger partial charge in [0.15, 0.2) is 0 Å². The first-order chi connectivity index (χ1) is 42.4. The van der Waals surface area contributed by atoms with Crippen LogP contribution in [0.5, 0.6) is 0 Å². The van der Waals surface area contributed by atoms with Crippen LogP contribution in [0.25, 0.3) is 101 Å². The van der Waals surface area contributed by atoms with E-state index < -0.39 is 0 Å². The largest absolute Gasteiger partial charge is 0.380 e. The molecule has 0 atom stereocenters. The molecule has 2 heterocycles. The fourth-order valence-corrected chi connectivity index (χ4v) is 12.3. The molecule has 0 spiro atoms. The highest BCUT2D eigenvalue weighted by Gasteiger charge is 2.21. The average molecular weight is 1110 g/mol. The monoisotopic (exact) mass is 1110 g/mol. The molecule has 0 radical (unpaired) electrons. The van der Waals surface area contributed by atoms with Crippen LogP contribution in [0.15, 0.2) is 292 Å². The second-order valence-corrected chi connectivity index (χ2v) is 21.8. The van der Waals surface area contributed by atoms with Crippen LogP contribution < -0.4 is 9.80 Å². The van der Waals surface area contributed by atoms with Crippen molar-refractivity contribution in [1.82, 2.24) is 9.13 Å². The van der Waals surface area contributed by atoms with Gasteiger partial charge in [-0.3, -0.25) is 0 Å². The minimum atomic E-state index is 0.566. The summed E-state index contributed by atoms with van der Waals surface area (Å²) in [6.45, 7) is 9.09. The van der Waals surface area contributed by atoms with E-state index in [2.05, 4.69) is 311 Å². The highest BCUT2D eigenvalue weighted by molar-refractivity contribution is 6.13. The Kier molecular flexibility index (Phi) is 14.3. The van der Waals surface area contributed by atoms with E-state index in [9.17, 15) is 0 Å². The van der Waals surface area contributed by atoms with E-state index in [0.717, 1.165) is 123 Å². The van der Waals surface area contributed by atoms with Gasteiger partial charge in [-0.25, -0.2) is 0 Å². The van der Waals surface area contributed by atoms with Gasteiger partial charge in [-0.2, -0.15) is 0 Å². The van der Waals surface area contributed by atoms with Gasteiger partial charge in [-0.15, -0.1) is 0 Å². The fraction of sp³-hybridized carbons (Fsp3) is 0.0500. The SMILES string of the molecule is C=Cc1ccc(-c2ccc3c(c2)c2cc(N(c4ccccc4)c4ccc(-c5ccc(N(c6ccccc6)c6ccc7c(c6)c6cc(-c8ccc(C=C)cc8)ccc6n7-c6ccc(COC)cc6)cc5)cc4)ccc2n3-c2ccc(COC)cc2)cc1. The highest BCUT2D eigenvalue weighted by Crippen LogP contribution is 2.44. The lowest BCUT2D eigenvalue weighted by atomic mass is 10.0. The quantitative estimate of drug-likeness (QED) is 0.0910. The number of ether oxygens (including phenoxy) is 2. The minimum Gasteiger partial charge on any atom is -0.380 e. The van der Waals surface area contributed by atoms with Crippen molar-refractivity contribution in [2.75, 3.05) is 24.0 Å². The molecule has 86 heavy (non-hydrogen) atoms. The predicted octanol–water partition coefficient (Wildman–Crippen LogP) is 21.4. The van der Waals surface area contributed by atoms with Gasteiger partial charge in [0.25, 0.3) is 0 Å². The number of anilines is 6. The predicted molar refractivity (Wildman–Crippen MR) is 362 cm³/mol. The van der Waals surface area contributed by atoms with Crippen molar-refractivity contribution in [2.24, 2.45) is 0 Å². The second-order valence-electron chi connectivity index (χ2n) is 21.8. The first kappa shape index (κ1) is 53.3. The van der Waals surface area contributed by atoms with Gasteiger partial charge in [-0.05, 0) is 189 Å². The molecular formula is C80H62N4O2. The van der Waals surface area contributed by atoms with Crippen molar-refractivity contribution in [3.05, 3.63) is 314 Å². The summed E-state index contributed by atoms with van der Waals surface area (Å²) in [6.07, 6.45) is 3.77. The van der Waals surface area contributed by atoms with Gasteiger partial charge in [0, 0.05) is 81.3 Å². The first-order valence-corrected chi connectivity index (χ1v) is 29.1. The molecule has 0 unspecified atom stereocenters. The van der Waals surface area contributed by atoms with Gasteiger partial charge in [0.2, 0.25) is 0 Å². The summed E-state index contributed by atoms with van der Waals surface area (Å²) in [5.74, 6) is 0. The molecular weight excluding hydrogens is 1050 g/mol. The smallest absolute Gasteiger partial charge is 0.0713 e. The number of nitrogens with zero attached hydrogens (tertiary/aromatic N) is 4. The third kappa shape index (κ3) is 10.0. The molecule has 12 aromatic carbocycles. The molecule has 0 fully saturated rings. The number of aromatic nitrogens is 2. The lowest BCUT2D eigenvalue weighted by Crippen LogP contribution is -2.10. The van der Waals surface area contributed by atoms with Crippen molar-refractivity contribution in [1.29, 1.82) is 0 Å².